The molecule has 2 N–H and O–H groups in total. The van der Waals surface area contributed by atoms with Crippen LogP contribution in [0.25, 0.3) is 0 Å². The summed E-state index contributed by atoms with van der Waals surface area (Å²) in [4.78, 5) is 24.5. The molecule has 2 saturated carbocycles. The fourth-order valence-electron chi connectivity index (χ4n) is 4.82. The third-order valence-corrected chi connectivity index (χ3v) is 7.15. The smallest absolute Gasteiger partial charge is 0.338 e. The maximum absolute atomic E-state index is 12.2. The van der Waals surface area contributed by atoms with E-state index < -0.39 is 24.1 Å². The molecule has 6 nitrogen and oxygen atoms in total. The zero-order chi connectivity index (χ0) is 22.7. The molecular weight excluding hydrogens is 384 g/mol. The van der Waals surface area contributed by atoms with Crippen molar-refractivity contribution in [2.75, 3.05) is 0 Å². The molecule has 0 aromatic heterocycles. The van der Waals surface area contributed by atoms with Gasteiger partial charge in [0.15, 0.2) is 12.2 Å². The van der Waals surface area contributed by atoms with Crippen LogP contribution in [0.15, 0.2) is 0 Å². The summed E-state index contributed by atoms with van der Waals surface area (Å²) < 4.78 is 10.7. The summed E-state index contributed by atoms with van der Waals surface area (Å²) in [5.74, 6) is -0.747. The first-order chi connectivity index (χ1) is 13.8. The van der Waals surface area contributed by atoms with Gasteiger partial charge in [-0.1, -0.05) is 41.5 Å². The minimum atomic E-state index is -1.91. The van der Waals surface area contributed by atoms with Crippen molar-refractivity contribution in [3.8, 4) is 0 Å². The highest BCUT2D eigenvalue weighted by Crippen LogP contribution is 2.39. The van der Waals surface area contributed by atoms with Gasteiger partial charge < -0.3 is 19.7 Å². The van der Waals surface area contributed by atoms with E-state index in [2.05, 4.69) is 41.5 Å². The van der Waals surface area contributed by atoms with E-state index in [4.69, 9.17) is 9.47 Å². The predicted molar refractivity (Wildman–Crippen MR) is 115 cm³/mol. The molecule has 2 rings (SSSR count). The SMILES string of the molecule is CC(C)(C)C1CCC(OC(=O)[C@H](O)[C@@H](O)C(=O)OC2CCC(C(C)(C)C)CC2)CC1. The lowest BCUT2D eigenvalue weighted by atomic mass is 9.72. The average molecular weight is 427 g/mol. The molecular formula is C24H42O6. The van der Waals surface area contributed by atoms with Gasteiger partial charge in [-0.15, -0.1) is 0 Å². The van der Waals surface area contributed by atoms with E-state index in [1.54, 1.807) is 0 Å². The van der Waals surface area contributed by atoms with E-state index >= 15 is 0 Å². The molecule has 2 aliphatic carbocycles. The van der Waals surface area contributed by atoms with Crippen LogP contribution in [0.2, 0.25) is 0 Å². The van der Waals surface area contributed by atoms with Crippen LogP contribution in [0.4, 0.5) is 0 Å². The highest BCUT2D eigenvalue weighted by molar-refractivity contribution is 5.85. The first-order valence-electron chi connectivity index (χ1n) is 11.6. The predicted octanol–water partition coefficient (Wildman–Crippen LogP) is 4.00. The molecule has 0 spiro atoms. The number of rotatable bonds is 5. The molecule has 0 aliphatic heterocycles. The molecule has 6 heteroatoms. The van der Waals surface area contributed by atoms with Crippen LogP contribution in [-0.2, 0) is 19.1 Å². The monoisotopic (exact) mass is 426 g/mol. The second kappa shape index (κ2) is 9.99. The molecule has 0 heterocycles. The zero-order valence-corrected chi connectivity index (χ0v) is 19.6. The van der Waals surface area contributed by atoms with E-state index in [1.807, 2.05) is 0 Å². The summed E-state index contributed by atoms with van der Waals surface area (Å²) in [5.41, 5.74) is 0.445. The van der Waals surface area contributed by atoms with Crippen molar-refractivity contribution in [3.63, 3.8) is 0 Å². The molecule has 2 atom stereocenters. The van der Waals surface area contributed by atoms with Gasteiger partial charge in [-0.2, -0.15) is 0 Å². The number of aliphatic hydroxyl groups excluding tert-OH is 2. The molecule has 0 saturated heterocycles. The van der Waals surface area contributed by atoms with Gasteiger partial charge in [0.2, 0.25) is 0 Å². The Kier molecular flexibility index (Phi) is 8.36. The lowest BCUT2D eigenvalue weighted by Gasteiger charge is -2.37. The van der Waals surface area contributed by atoms with Crippen LogP contribution in [0.3, 0.4) is 0 Å². The van der Waals surface area contributed by atoms with Gasteiger partial charge in [-0.05, 0) is 74.0 Å². The quantitative estimate of drug-likeness (QED) is 0.646. The summed E-state index contributed by atoms with van der Waals surface area (Å²) in [6.07, 6.45) is 2.39. The standard InChI is InChI=1S/C24H42O6/c1-23(2,3)15-7-11-17(12-8-15)29-21(27)19(25)20(26)22(28)30-18-13-9-16(10-14-18)24(4,5)6/h15-20,25-26H,7-14H2,1-6H3/t15?,16?,17?,18?,19-,20-/m1/s1. The van der Waals surface area contributed by atoms with Crippen LogP contribution in [0, 0.1) is 22.7 Å². The van der Waals surface area contributed by atoms with Gasteiger partial charge in [0.05, 0.1) is 0 Å². The normalized spacial score (nSPS) is 30.3. The van der Waals surface area contributed by atoms with Crippen molar-refractivity contribution in [2.45, 2.75) is 117 Å². The maximum atomic E-state index is 12.2. The summed E-state index contributed by atoms with van der Waals surface area (Å²) in [6.45, 7) is 13.3. The van der Waals surface area contributed by atoms with Gasteiger partial charge in [0, 0.05) is 0 Å². The van der Waals surface area contributed by atoms with E-state index in [1.165, 1.54) is 0 Å². The van der Waals surface area contributed by atoms with Crippen molar-refractivity contribution < 1.29 is 29.3 Å². The summed E-state index contributed by atoms with van der Waals surface area (Å²) in [7, 11) is 0. The molecule has 0 unspecified atom stereocenters. The molecule has 0 aromatic carbocycles. The first-order valence-corrected chi connectivity index (χ1v) is 11.6. The van der Waals surface area contributed by atoms with Crippen LogP contribution in [0.1, 0.15) is 92.9 Å². The van der Waals surface area contributed by atoms with Crippen molar-refractivity contribution in [3.05, 3.63) is 0 Å². The largest absolute Gasteiger partial charge is 0.460 e. The summed E-state index contributed by atoms with van der Waals surface area (Å²) in [5, 5.41) is 20.2. The van der Waals surface area contributed by atoms with Crippen molar-refractivity contribution in [2.24, 2.45) is 22.7 Å². The highest BCUT2D eigenvalue weighted by atomic mass is 16.6. The Morgan fingerprint density at radius 2 is 0.900 bits per heavy atom. The number of aliphatic hydroxyl groups is 2. The van der Waals surface area contributed by atoms with Crippen LogP contribution >= 0.6 is 0 Å². The fraction of sp³-hybridized carbons (Fsp3) is 0.917. The Morgan fingerprint density at radius 1 is 0.633 bits per heavy atom. The van der Waals surface area contributed by atoms with Crippen LogP contribution in [0.5, 0.6) is 0 Å². The Bertz CT molecular complexity index is 519. The Hall–Kier alpha value is -1.14. The molecule has 174 valence electrons. The summed E-state index contributed by atoms with van der Waals surface area (Å²) in [6, 6.07) is 0. The number of hydrogen-bond acceptors (Lipinski definition) is 6. The molecule has 30 heavy (non-hydrogen) atoms. The third kappa shape index (κ3) is 6.94. The van der Waals surface area contributed by atoms with E-state index in [9.17, 15) is 19.8 Å². The summed E-state index contributed by atoms with van der Waals surface area (Å²) >= 11 is 0. The van der Waals surface area contributed by atoms with Gasteiger partial charge in [0.25, 0.3) is 0 Å². The molecule has 0 amide bonds. The van der Waals surface area contributed by atoms with Gasteiger partial charge in [-0.3, -0.25) is 0 Å². The van der Waals surface area contributed by atoms with Crippen LogP contribution < -0.4 is 0 Å². The topological polar surface area (TPSA) is 93.1 Å². The van der Waals surface area contributed by atoms with E-state index in [-0.39, 0.29) is 23.0 Å². The Labute approximate surface area is 181 Å². The zero-order valence-electron chi connectivity index (χ0n) is 19.6. The molecule has 0 aromatic rings. The van der Waals surface area contributed by atoms with Crippen molar-refractivity contribution in [1.29, 1.82) is 0 Å². The fourth-order valence-corrected chi connectivity index (χ4v) is 4.82. The Morgan fingerprint density at radius 3 is 1.13 bits per heavy atom. The first kappa shape index (κ1) is 25.1. The number of esters is 2. The van der Waals surface area contributed by atoms with Gasteiger partial charge in [-0.25, -0.2) is 9.59 Å². The second-order valence-electron chi connectivity index (χ2n) is 11.4. The van der Waals surface area contributed by atoms with Gasteiger partial charge in [0.1, 0.15) is 12.2 Å². The molecule has 0 bridgehead atoms. The third-order valence-electron chi connectivity index (χ3n) is 7.15. The lowest BCUT2D eigenvalue weighted by molar-refractivity contribution is -0.181. The number of hydrogen-bond donors (Lipinski definition) is 2. The van der Waals surface area contributed by atoms with Gasteiger partial charge >= 0.3 is 11.9 Å². The number of ether oxygens (including phenoxy) is 2. The molecule has 2 fully saturated rings. The number of carbonyl (C=O) groups is 2. The highest BCUT2D eigenvalue weighted by Gasteiger charge is 2.38. The minimum Gasteiger partial charge on any atom is -0.460 e. The van der Waals surface area contributed by atoms with Crippen molar-refractivity contribution in [1.82, 2.24) is 0 Å². The number of carbonyl (C=O) groups excluding carboxylic acids is 2. The average Bonchev–Trinajstić information content (AvgIpc) is 2.66. The maximum Gasteiger partial charge on any atom is 0.338 e. The Balaban J connectivity index is 1.76. The van der Waals surface area contributed by atoms with E-state index in [0.29, 0.717) is 11.8 Å². The lowest BCUT2D eigenvalue weighted by Crippen LogP contribution is -2.44. The molecule has 0 radical (unpaired) electrons. The van der Waals surface area contributed by atoms with Crippen LogP contribution in [-0.4, -0.2) is 46.6 Å². The van der Waals surface area contributed by atoms with E-state index in [0.717, 1.165) is 51.4 Å². The molecule has 2 aliphatic rings. The van der Waals surface area contributed by atoms with Crippen molar-refractivity contribution >= 4 is 11.9 Å². The second-order valence-corrected chi connectivity index (χ2v) is 11.4. The minimum absolute atomic E-state index is 0.223.